The van der Waals surface area contributed by atoms with Crippen molar-refractivity contribution in [3.63, 3.8) is 0 Å². The molecule has 7 heteroatoms. The summed E-state index contributed by atoms with van der Waals surface area (Å²) in [5.74, 6) is 1.18. The van der Waals surface area contributed by atoms with E-state index in [2.05, 4.69) is 15.6 Å². The van der Waals surface area contributed by atoms with Gasteiger partial charge in [0.1, 0.15) is 13.2 Å². The SMILES string of the molecule is NC(=O)C1(CNCc2cc3c(cn2)OCCO3)CCNCC1. The van der Waals surface area contributed by atoms with Crippen LogP contribution in [-0.2, 0) is 11.3 Å². The molecule has 120 valence electrons. The van der Waals surface area contributed by atoms with Gasteiger partial charge in [0, 0.05) is 19.2 Å². The Kier molecular flexibility index (Phi) is 4.44. The van der Waals surface area contributed by atoms with Crippen molar-refractivity contribution in [3.8, 4) is 11.5 Å². The average molecular weight is 306 g/mol. The number of nitrogens with one attached hydrogen (secondary N) is 2. The molecular formula is C15H22N4O3. The highest BCUT2D eigenvalue weighted by Crippen LogP contribution is 2.30. The molecule has 3 heterocycles. The number of fused-ring (bicyclic) bond motifs is 1. The van der Waals surface area contributed by atoms with E-state index < -0.39 is 5.41 Å². The van der Waals surface area contributed by atoms with Gasteiger partial charge in [0.2, 0.25) is 5.91 Å². The zero-order chi connectivity index (χ0) is 15.4. The highest BCUT2D eigenvalue weighted by molar-refractivity contribution is 5.81. The van der Waals surface area contributed by atoms with Crippen LogP contribution in [0.5, 0.6) is 11.5 Å². The number of piperidine rings is 1. The molecule has 0 spiro atoms. The third-order valence-corrected chi connectivity index (χ3v) is 4.34. The summed E-state index contributed by atoms with van der Waals surface area (Å²) in [6, 6.07) is 1.88. The lowest BCUT2D eigenvalue weighted by Crippen LogP contribution is -2.50. The van der Waals surface area contributed by atoms with Crippen LogP contribution in [0.15, 0.2) is 12.3 Å². The molecule has 3 rings (SSSR count). The van der Waals surface area contributed by atoms with E-state index in [1.54, 1.807) is 6.20 Å². The molecule has 1 amide bonds. The van der Waals surface area contributed by atoms with Crippen LogP contribution in [0, 0.1) is 5.41 Å². The predicted octanol–water partition coefficient (Wildman–Crippen LogP) is -0.202. The Bertz CT molecular complexity index is 544. The standard InChI is InChI=1S/C15H22N4O3/c16-14(20)15(1-3-17-4-2-15)10-18-8-11-7-12-13(9-19-11)22-6-5-21-12/h7,9,17-18H,1-6,8,10H2,(H2,16,20). The number of hydrogen-bond acceptors (Lipinski definition) is 6. The summed E-state index contributed by atoms with van der Waals surface area (Å²) in [5, 5.41) is 6.57. The molecule has 0 aliphatic carbocycles. The van der Waals surface area contributed by atoms with Gasteiger partial charge in [-0.15, -0.1) is 0 Å². The maximum absolute atomic E-state index is 11.8. The topological polar surface area (TPSA) is 98.5 Å². The van der Waals surface area contributed by atoms with Gasteiger partial charge in [0.05, 0.1) is 17.3 Å². The van der Waals surface area contributed by atoms with Crippen LogP contribution < -0.4 is 25.8 Å². The van der Waals surface area contributed by atoms with Gasteiger partial charge in [0.15, 0.2) is 11.5 Å². The van der Waals surface area contributed by atoms with Crippen molar-refractivity contribution < 1.29 is 14.3 Å². The van der Waals surface area contributed by atoms with Gasteiger partial charge in [-0.2, -0.15) is 0 Å². The molecule has 0 unspecified atom stereocenters. The lowest BCUT2D eigenvalue weighted by atomic mass is 9.78. The minimum atomic E-state index is -0.459. The molecule has 7 nitrogen and oxygen atoms in total. The van der Waals surface area contributed by atoms with Gasteiger partial charge in [-0.3, -0.25) is 9.78 Å². The number of rotatable bonds is 5. The first-order valence-corrected chi connectivity index (χ1v) is 7.65. The highest BCUT2D eigenvalue weighted by Gasteiger charge is 2.37. The zero-order valence-corrected chi connectivity index (χ0v) is 12.6. The Balaban J connectivity index is 1.59. The number of carbonyl (C=O) groups excluding carboxylic acids is 1. The van der Waals surface area contributed by atoms with Gasteiger partial charge < -0.3 is 25.8 Å². The summed E-state index contributed by atoms with van der Waals surface area (Å²) >= 11 is 0. The normalized spacial score (nSPS) is 19.6. The van der Waals surface area contributed by atoms with E-state index in [4.69, 9.17) is 15.2 Å². The Morgan fingerprint density at radius 1 is 1.32 bits per heavy atom. The number of hydrogen-bond donors (Lipinski definition) is 3. The first-order valence-electron chi connectivity index (χ1n) is 7.65. The monoisotopic (exact) mass is 306 g/mol. The van der Waals surface area contributed by atoms with Crippen LogP contribution in [-0.4, -0.2) is 43.7 Å². The number of nitrogens with two attached hydrogens (primary N) is 1. The van der Waals surface area contributed by atoms with Crippen molar-refractivity contribution in [1.82, 2.24) is 15.6 Å². The molecule has 0 radical (unpaired) electrons. The Morgan fingerprint density at radius 3 is 2.77 bits per heavy atom. The molecule has 2 aliphatic rings. The van der Waals surface area contributed by atoms with Gasteiger partial charge in [-0.25, -0.2) is 0 Å². The van der Waals surface area contributed by atoms with Crippen LogP contribution in [0.2, 0.25) is 0 Å². The van der Waals surface area contributed by atoms with E-state index in [0.717, 1.165) is 37.4 Å². The fourth-order valence-electron chi connectivity index (χ4n) is 2.93. The molecule has 2 aliphatic heterocycles. The van der Waals surface area contributed by atoms with E-state index in [1.807, 2.05) is 6.07 Å². The van der Waals surface area contributed by atoms with Crippen LogP contribution in [0.1, 0.15) is 18.5 Å². The number of aromatic nitrogens is 1. The molecule has 0 bridgehead atoms. The number of amides is 1. The van der Waals surface area contributed by atoms with E-state index in [0.29, 0.717) is 32.1 Å². The van der Waals surface area contributed by atoms with Crippen molar-refractivity contribution in [2.75, 3.05) is 32.8 Å². The van der Waals surface area contributed by atoms with Crippen molar-refractivity contribution in [3.05, 3.63) is 18.0 Å². The summed E-state index contributed by atoms with van der Waals surface area (Å²) in [4.78, 5) is 16.2. The molecule has 1 aromatic heterocycles. The van der Waals surface area contributed by atoms with E-state index >= 15 is 0 Å². The third-order valence-electron chi connectivity index (χ3n) is 4.34. The number of nitrogens with zero attached hydrogens (tertiary/aromatic N) is 1. The largest absolute Gasteiger partial charge is 0.486 e. The minimum Gasteiger partial charge on any atom is -0.486 e. The lowest BCUT2D eigenvalue weighted by Gasteiger charge is -2.34. The summed E-state index contributed by atoms with van der Waals surface area (Å²) in [7, 11) is 0. The van der Waals surface area contributed by atoms with Crippen molar-refractivity contribution in [2.45, 2.75) is 19.4 Å². The maximum Gasteiger partial charge on any atom is 0.225 e. The smallest absolute Gasteiger partial charge is 0.225 e. The van der Waals surface area contributed by atoms with Gasteiger partial charge in [-0.1, -0.05) is 0 Å². The summed E-state index contributed by atoms with van der Waals surface area (Å²) < 4.78 is 11.0. The second-order valence-corrected chi connectivity index (χ2v) is 5.82. The van der Waals surface area contributed by atoms with E-state index in [1.165, 1.54) is 0 Å². The number of ether oxygens (including phenoxy) is 2. The van der Waals surface area contributed by atoms with Crippen LogP contribution in [0.4, 0.5) is 0 Å². The first kappa shape index (κ1) is 15.1. The molecule has 22 heavy (non-hydrogen) atoms. The number of primary amides is 1. The molecule has 4 N–H and O–H groups in total. The fourth-order valence-corrected chi connectivity index (χ4v) is 2.93. The third kappa shape index (κ3) is 3.15. The maximum atomic E-state index is 11.8. The second kappa shape index (κ2) is 6.50. The minimum absolute atomic E-state index is 0.225. The Labute approximate surface area is 129 Å². The molecule has 1 fully saturated rings. The Morgan fingerprint density at radius 2 is 2.05 bits per heavy atom. The van der Waals surface area contributed by atoms with E-state index in [9.17, 15) is 4.79 Å². The molecular weight excluding hydrogens is 284 g/mol. The van der Waals surface area contributed by atoms with Gasteiger partial charge >= 0.3 is 0 Å². The van der Waals surface area contributed by atoms with Crippen LogP contribution >= 0.6 is 0 Å². The summed E-state index contributed by atoms with van der Waals surface area (Å²) in [5.41, 5.74) is 6.01. The zero-order valence-electron chi connectivity index (χ0n) is 12.6. The summed E-state index contributed by atoms with van der Waals surface area (Å²) in [6.07, 6.45) is 3.22. The number of pyridine rings is 1. The average Bonchev–Trinajstić information content (AvgIpc) is 2.55. The molecule has 0 atom stereocenters. The van der Waals surface area contributed by atoms with Crippen molar-refractivity contribution in [2.24, 2.45) is 11.1 Å². The Hall–Kier alpha value is -1.86. The predicted molar refractivity (Wildman–Crippen MR) is 80.7 cm³/mol. The first-order chi connectivity index (χ1) is 10.7. The highest BCUT2D eigenvalue weighted by atomic mass is 16.6. The molecule has 1 saturated heterocycles. The molecule has 1 aromatic rings. The van der Waals surface area contributed by atoms with Crippen molar-refractivity contribution in [1.29, 1.82) is 0 Å². The van der Waals surface area contributed by atoms with Crippen LogP contribution in [0.3, 0.4) is 0 Å². The van der Waals surface area contributed by atoms with Gasteiger partial charge in [-0.05, 0) is 25.9 Å². The summed E-state index contributed by atoms with van der Waals surface area (Å²) in [6.45, 7) is 3.90. The molecule has 0 saturated carbocycles. The van der Waals surface area contributed by atoms with Crippen LogP contribution in [0.25, 0.3) is 0 Å². The second-order valence-electron chi connectivity index (χ2n) is 5.82. The quantitative estimate of drug-likeness (QED) is 0.697. The van der Waals surface area contributed by atoms with E-state index in [-0.39, 0.29) is 5.91 Å². The van der Waals surface area contributed by atoms with Gasteiger partial charge in [0.25, 0.3) is 0 Å². The van der Waals surface area contributed by atoms with Crippen molar-refractivity contribution >= 4 is 5.91 Å². The fraction of sp³-hybridized carbons (Fsp3) is 0.600. The molecule has 0 aromatic carbocycles. The lowest BCUT2D eigenvalue weighted by molar-refractivity contribution is -0.129. The number of carbonyl (C=O) groups is 1.